The molecule has 1 amide bonds. The van der Waals surface area contributed by atoms with Gasteiger partial charge < -0.3 is 10.3 Å². The normalized spacial score (nSPS) is 10.7. The summed E-state index contributed by atoms with van der Waals surface area (Å²) in [6, 6.07) is 15.9. The number of carbonyl (C=O) groups excluding carboxylic acids is 1. The Labute approximate surface area is 142 Å². The molecule has 122 valence electrons. The highest BCUT2D eigenvalue weighted by Crippen LogP contribution is 2.14. The second-order valence-electron chi connectivity index (χ2n) is 5.44. The number of amides is 1. The van der Waals surface area contributed by atoms with Gasteiger partial charge in [0.25, 0.3) is 11.5 Å². The van der Waals surface area contributed by atoms with Gasteiger partial charge >= 0.3 is 0 Å². The van der Waals surface area contributed by atoms with Gasteiger partial charge in [0, 0.05) is 11.1 Å². The van der Waals surface area contributed by atoms with Crippen LogP contribution in [0.1, 0.15) is 10.5 Å². The molecule has 0 aliphatic heterocycles. The van der Waals surface area contributed by atoms with Crippen molar-refractivity contribution in [3.05, 3.63) is 83.3 Å². The predicted molar refractivity (Wildman–Crippen MR) is 93.9 cm³/mol. The molecule has 0 radical (unpaired) electrons. The quantitative estimate of drug-likeness (QED) is 0.603. The largest absolute Gasteiger partial charge is 0.321 e. The smallest absolute Gasteiger partial charge is 0.272 e. The lowest BCUT2D eigenvalue weighted by atomic mass is 10.1. The van der Waals surface area contributed by atoms with Gasteiger partial charge in [-0.05, 0) is 41.8 Å². The molecule has 0 unspecified atom stereocenters. The van der Waals surface area contributed by atoms with Gasteiger partial charge in [-0.2, -0.15) is 5.10 Å². The summed E-state index contributed by atoms with van der Waals surface area (Å²) < 4.78 is 1.62. The summed E-state index contributed by atoms with van der Waals surface area (Å²) in [6.07, 6.45) is 3.04. The van der Waals surface area contributed by atoms with Crippen molar-refractivity contribution in [3.63, 3.8) is 0 Å². The number of nitrogens with one attached hydrogen (secondary N) is 2. The highest BCUT2D eigenvalue weighted by atomic mass is 16.2. The monoisotopic (exact) mass is 331 g/mol. The van der Waals surface area contributed by atoms with Gasteiger partial charge in [0.2, 0.25) is 0 Å². The lowest BCUT2D eigenvalue weighted by Crippen LogP contribution is -2.18. The molecular weight excluding hydrogens is 318 g/mol. The molecule has 7 nitrogen and oxygen atoms in total. The van der Waals surface area contributed by atoms with Crippen LogP contribution in [0.4, 0.5) is 5.69 Å². The van der Waals surface area contributed by atoms with Crippen LogP contribution >= 0.6 is 0 Å². The molecule has 7 heteroatoms. The summed E-state index contributed by atoms with van der Waals surface area (Å²) in [4.78, 5) is 31.0. The van der Waals surface area contributed by atoms with Gasteiger partial charge in [0.05, 0.1) is 5.69 Å². The summed E-state index contributed by atoms with van der Waals surface area (Å²) in [5, 5.41) is 8.08. The van der Waals surface area contributed by atoms with Crippen molar-refractivity contribution in [1.82, 2.24) is 19.7 Å². The maximum absolute atomic E-state index is 12.4. The van der Waals surface area contributed by atoms with Gasteiger partial charge in [-0.25, -0.2) is 9.67 Å². The first-order valence-electron chi connectivity index (χ1n) is 7.59. The van der Waals surface area contributed by atoms with E-state index in [4.69, 9.17) is 0 Å². The first kappa shape index (κ1) is 14.8. The van der Waals surface area contributed by atoms with Crippen molar-refractivity contribution in [3.8, 4) is 5.69 Å². The van der Waals surface area contributed by atoms with Crippen LogP contribution in [0.25, 0.3) is 16.5 Å². The second-order valence-corrected chi connectivity index (χ2v) is 5.44. The number of anilines is 1. The average Bonchev–Trinajstić information content (AvgIpc) is 3.17. The van der Waals surface area contributed by atoms with Crippen LogP contribution < -0.4 is 10.9 Å². The van der Waals surface area contributed by atoms with Crippen molar-refractivity contribution in [2.45, 2.75) is 0 Å². The number of nitrogens with zero attached hydrogens (tertiary/aromatic N) is 3. The molecule has 0 saturated carbocycles. The molecule has 0 spiro atoms. The Morgan fingerprint density at radius 3 is 2.64 bits per heavy atom. The first-order chi connectivity index (χ1) is 12.2. The van der Waals surface area contributed by atoms with E-state index in [0.29, 0.717) is 11.1 Å². The van der Waals surface area contributed by atoms with E-state index in [1.54, 1.807) is 47.4 Å². The summed E-state index contributed by atoms with van der Waals surface area (Å²) in [7, 11) is 0. The van der Waals surface area contributed by atoms with Crippen LogP contribution in [0.3, 0.4) is 0 Å². The van der Waals surface area contributed by atoms with E-state index in [0.717, 1.165) is 11.1 Å². The number of fused-ring (bicyclic) bond motifs is 1. The van der Waals surface area contributed by atoms with Crippen LogP contribution in [-0.4, -0.2) is 25.7 Å². The molecule has 0 atom stereocenters. The van der Waals surface area contributed by atoms with E-state index < -0.39 is 0 Å². The van der Waals surface area contributed by atoms with Crippen LogP contribution in [0.5, 0.6) is 0 Å². The third-order valence-corrected chi connectivity index (χ3v) is 3.81. The predicted octanol–water partition coefficient (Wildman–Crippen LogP) is 2.36. The highest BCUT2D eigenvalue weighted by molar-refractivity contribution is 6.04. The van der Waals surface area contributed by atoms with Gasteiger partial charge in [-0.3, -0.25) is 9.59 Å². The minimum absolute atomic E-state index is 0.212. The van der Waals surface area contributed by atoms with Crippen molar-refractivity contribution in [2.24, 2.45) is 0 Å². The molecule has 0 fully saturated rings. The lowest BCUT2D eigenvalue weighted by Gasteiger charge is -2.07. The Balaban J connectivity index is 1.59. The van der Waals surface area contributed by atoms with Crippen LogP contribution in [0, 0.1) is 0 Å². The van der Waals surface area contributed by atoms with E-state index in [-0.39, 0.29) is 17.2 Å². The molecule has 0 bridgehead atoms. The fourth-order valence-corrected chi connectivity index (χ4v) is 2.57. The zero-order valence-electron chi connectivity index (χ0n) is 13.0. The minimum atomic E-state index is -0.378. The third-order valence-electron chi connectivity index (χ3n) is 3.81. The molecule has 2 N–H and O–H groups in total. The number of carbonyl (C=O) groups is 1. The third kappa shape index (κ3) is 2.90. The molecule has 2 heterocycles. The van der Waals surface area contributed by atoms with Crippen molar-refractivity contribution in [2.75, 3.05) is 5.32 Å². The van der Waals surface area contributed by atoms with Crippen LogP contribution in [0.15, 0.2) is 72.0 Å². The van der Waals surface area contributed by atoms with E-state index in [1.807, 2.05) is 18.2 Å². The van der Waals surface area contributed by atoms with Gasteiger partial charge in [0.15, 0.2) is 0 Å². The topological polar surface area (TPSA) is 92.7 Å². The Bertz CT molecular complexity index is 1100. The SMILES string of the molecule is O=C(Nc1ccc(-n2cncn2)cc1)c1cc2ccccc2c(=O)[nH]1. The Morgan fingerprint density at radius 1 is 1.08 bits per heavy atom. The highest BCUT2D eigenvalue weighted by Gasteiger charge is 2.10. The van der Waals surface area contributed by atoms with Crippen molar-refractivity contribution < 1.29 is 4.79 Å². The van der Waals surface area contributed by atoms with Crippen molar-refractivity contribution in [1.29, 1.82) is 0 Å². The molecule has 4 aromatic rings. The molecule has 0 aliphatic rings. The fraction of sp³-hybridized carbons (Fsp3) is 0. The summed E-state index contributed by atoms with van der Waals surface area (Å²) in [6.45, 7) is 0. The number of H-pyrrole nitrogens is 1. The molecule has 25 heavy (non-hydrogen) atoms. The summed E-state index contributed by atoms with van der Waals surface area (Å²) in [5.74, 6) is -0.378. The number of hydrogen-bond donors (Lipinski definition) is 2. The summed E-state index contributed by atoms with van der Waals surface area (Å²) >= 11 is 0. The second kappa shape index (κ2) is 6.04. The molecule has 2 aromatic heterocycles. The Morgan fingerprint density at radius 2 is 1.88 bits per heavy atom. The fourth-order valence-electron chi connectivity index (χ4n) is 2.57. The number of rotatable bonds is 3. The van der Waals surface area contributed by atoms with E-state index in [2.05, 4.69) is 20.4 Å². The number of aromatic nitrogens is 4. The minimum Gasteiger partial charge on any atom is -0.321 e. The molecule has 0 aliphatic carbocycles. The van der Waals surface area contributed by atoms with Crippen LogP contribution in [-0.2, 0) is 0 Å². The molecule has 0 saturated heterocycles. The number of hydrogen-bond acceptors (Lipinski definition) is 4. The van der Waals surface area contributed by atoms with E-state index >= 15 is 0 Å². The van der Waals surface area contributed by atoms with Crippen LogP contribution in [0.2, 0.25) is 0 Å². The standard InChI is InChI=1S/C18H13N5O2/c24-17-15-4-2-1-3-12(15)9-16(22-17)18(25)21-13-5-7-14(8-6-13)23-11-19-10-20-23/h1-11H,(H,21,25)(H,22,24). The Hall–Kier alpha value is -3.74. The van der Waals surface area contributed by atoms with E-state index in [9.17, 15) is 9.59 Å². The average molecular weight is 331 g/mol. The maximum Gasteiger partial charge on any atom is 0.272 e. The molecular formula is C18H13N5O2. The summed E-state index contributed by atoms with van der Waals surface area (Å²) in [5.41, 5.74) is 1.37. The first-order valence-corrected chi connectivity index (χ1v) is 7.59. The lowest BCUT2D eigenvalue weighted by molar-refractivity contribution is 0.102. The van der Waals surface area contributed by atoms with Crippen molar-refractivity contribution >= 4 is 22.4 Å². The van der Waals surface area contributed by atoms with Gasteiger partial charge in [-0.1, -0.05) is 18.2 Å². The Kier molecular flexibility index (Phi) is 3.59. The van der Waals surface area contributed by atoms with Gasteiger partial charge in [-0.15, -0.1) is 0 Å². The number of aromatic amines is 1. The maximum atomic E-state index is 12.4. The van der Waals surface area contributed by atoms with Gasteiger partial charge in [0.1, 0.15) is 18.3 Å². The van der Waals surface area contributed by atoms with E-state index in [1.165, 1.54) is 6.33 Å². The zero-order valence-corrected chi connectivity index (χ0v) is 13.0. The number of pyridine rings is 1. The zero-order chi connectivity index (χ0) is 17.2. The molecule has 4 rings (SSSR count). The molecule has 2 aromatic carbocycles. The number of benzene rings is 2.